The maximum atomic E-state index is 11.6. The molecule has 3 rings (SSSR count). The van der Waals surface area contributed by atoms with Crippen molar-refractivity contribution in [2.75, 3.05) is 0 Å². The van der Waals surface area contributed by atoms with Gasteiger partial charge in [-0.2, -0.15) is 0 Å². The molecule has 0 aromatic carbocycles. The minimum atomic E-state index is -0.259. The molecule has 1 unspecified atom stereocenters. The van der Waals surface area contributed by atoms with Crippen molar-refractivity contribution in [1.29, 1.82) is 0 Å². The Labute approximate surface area is 87.3 Å². The molecule has 0 bridgehead atoms. The number of hydrogen-bond acceptors (Lipinski definition) is 2. The van der Waals surface area contributed by atoms with Gasteiger partial charge in [-0.25, -0.2) is 4.99 Å². The first-order chi connectivity index (χ1) is 6.75. The van der Waals surface area contributed by atoms with Crippen LogP contribution in [0.1, 0.15) is 25.7 Å². The van der Waals surface area contributed by atoms with Crippen molar-refractivity contribution < 1.29 is 4.79 Å². The number of carbonyl (C=O) groups is 1. The molecule has 14 heavy (non-hydrogen) atoms. The molecule has 0 N–H and O–H groups in total. The predicted octanol–water partition coefficient (Wildman–Crippen LogP) is 1.79. The summed E-state index contributed by atoms with van der Waals surface area (Å²) >= 11 is 6.02. The lowest BCUT2D eigenvalue weighted by Crippen LogP contribution is -2.29. The number of nitrogens with zero attached hydrogens (tertiary/aromatic N) is 2. The van der Waals surface area contributed by atoms with E-state index in [1.165, 1.54) is 0 Å². The Morgan fingerprint density at radius 2 is 1.93 bits per heavy atom. The molecule has 1 heterocycles. The van der Waals surface area contributed by atoms with Crippen LogP contribution in [0, 0.1) is 11.8 Å². The maximum Gasteiger partial charge on any atom is 0.271 e. The topological polar surface area (TPSA) is 41.8 Å². The molecule has 1 atom stereocenters. The highest BCUT2D eigenvalue weighted by atomic mass is 35.5. The summed E-state index contributed by atoms with van der Waals surface area (Å²) in [4.78, 5) is 20.0. The van der Waals surface area contributed by atoms with Crippen molar-refractivity contribution in [1.82, 2.24) is 0 Å². The quantitative estimate of drug-likeness (QED) is 0.685. The van der Waals surface area contributed by atoms with E-state index in [4.69, 9.17) is 11.6 Å². The zero-order chi connectivity index (χ0) is 9.71. The van der Waals surface area contributed by atoms with Gasteiger partial charge >= 0.3 is 0 Å². The number of halogens is 1. The fraction of sp³-hybridized carbons (Fsp3) is 0.700. The molecule has 74 valence electrons. The molecule has 3 aliphatic rings. The van der Waals surface area contributed by atoms with Crippen molar-refractivity contribution in [3.63, 3.8) is 0 Å². The number of rotatable bonds is 2. The lowest BCUT2D eigenvalue weighted by atomic mass is 10.1. The van der Waals surface area contributed by atoms with Gasteiger partial charge in [0.25, 0.3) is 5.91 Å². The molecule has 2 saturated carbocycles. The van der Waals surface area contributed by atoms with Gasteiger partial charge in [-0.1, -0.05) is 11.6 Å². The van der Waals surface area contributed by atoms with E-state index >= 15 is 0 Å². The van der Waals surface area contributed by atoms with Gasteiger partial charge in [0.2, 0.25) is 0 Å². The first-order valence-electron chi connectivity index (χ1n) is 5.12. The van der Waals surface area contributed by atoms with Crippen LogP contribution < -0.4 is 0 Å². The lowest BCUT2D eigenvalue weighted by molar-refractivity contribution is -0.119. The van der Waals surface area contributed by atoms with E-state index < -0.39 is 0 Å². The Bertz CT molecular complexity index is 353. The third-order valence-electron chi connectivity index (χ3n) is 2.98. The molecule has 1 amide bonds. The summed E-state index contributed by atoms with van der Waals surface area (Å²) in [5.41, 5.74) is 0.744. The molecule has 2 aliphatic carbocycles. The van der Waals surface area contributed by atoms with Gasteiger partial charge in [-0.3, -0.25) is 9.79 Å². The SMILES string of the molecule is O=C1N=C(C2CC2)C(Cl)=NC1C1CC1. The maximum absolute atomic E-state index is 11.6. The summed E-state index contributed by atoms with van der Waals surface area (Å²) in [5, 5.41) is 0.490. The first-order valence-corrected chi connectivity index (χ1v) is 5.49. The second-order valence-corrected chi connectivity index (χ2v) is 4.67. The van der Waals surface area contributed by atoms with E-state index in [1.54, 1.807) is 0 Å². The molecule has 0 aromatic heterocycles. The van der Waals surface area contributed by atoms with Crippen LogP contribution in [-0.4, -0.2) is 22.8 Å². The minimum Gasteiger partial charge on any atom is -0.270 e. The Kier molecular flexibility index (Phi) is 1.78. The smallest absolute Gasteiger partial charge is 0.270 e. The molecular weight excluding hydrogens is 200 g/mol. The van der Waals surface area contributed by atoms with Gasteiger partial charge in [0, 0.05) is 5.92 Å². The highest BCUT2D eigenvalue weighted by Crippen LogP contribution is 2.38. The van der Waals surface area contributed by atoms with Crippen molar-refractivity contribution >= 4 is 28.4 Å². The van der Waals surface area contributed by atoms with Crippen molar-refractivity contribution in [2.24, 2.45) is 21.8 Å². The first kappa shape index (κ1) is 8.60. The lowest BCUT2D eigenvalue weighted by Gasteiger charge is -2.14. The summed E-state index contributed by atoms with van der Waals surface area (Å²) in [6.07, 6.45) is 4.40. The van der Waals surface area contributed by atoms with E-state index in [1.807, 2.05) is 0 Å². The standard InChI is InChI=1S/C10H11ClN2O/c11-9-7(5-1-2-5)13-10(14)8(12-9)6-3-4-6/h5-6,8H,1-4H2. The summed E-state index contributed by atoms with van der Waals surface area (Å²) in [6, 6.07) is -0.259. The average molecular weight is 211 g/mol. The highest BCUT2D eigenvalue weighted by Gasteiger charge is 2.41. The molecule has 0 radical (unpaired) electrons. The van der Waals surface area contributed by atoms with Gasteiger partial charge in [0.15, 0.2) is 0 Å². The van der Waals surface area contributed by atoms with Crippen molar-refractivity contribution in [3.8, 4) is 0 Å². The van der Waals surface area contributed by atoms with E-state index in [-0.39, 0.29) is 11.9 Å². The second kappa shape index (κ2) is 2.89. The zero-order valence-electron chi connectivity index (χ0n) is 7.74. The average Bonchev–Trinajstić information content (AvgIpc) is 3.03. The van der Waals surface area contributed by atoms with E-state index in [0.29, 0.717) is 17.0 Å². The Morgan fingerprint density at radius 1 is 1.21 bits per heavy atom. The summed E-state index contributed by atoms with van der Waals surface area (Å²) in [5.74, 6) is 0.759. The largest absolute Gasteiger partial charge is 0.271 e. The number of amides is 1. The fourth-order valence-electron chi connectivity index (χ4n) is 1.81. The van der Waals surface area contributed by atoms with Crippen molar-refractivity contribution in [3.05, 3.63) is 0 Å². The van der Waals surface area contributed by atoms with Gasteiger partial charge in [-0.05, 0) is 31.6 Å². The molecule has 0 aromatic rings. The molecule has 0 saturated heterocycles. The van der Waals surface area contributed by atoms with Gasteiger partial charge in [-0.15, -0.1) is 0 Å². The molecule has 0 spiro atoms. The monoisotopic (exact) mass is 210 g/mol. The molecule has 3 nitrogen and oxygen atoms in total. The molecule has 4 heteroatoms. The Balaban J connectivity index is 1.86. The van der Waals surface area contributed by atoms with Crippen LogP contribution in [0.25, 0.3) is 0 Å². The second-order valence-electron chi connectivity index (χ2n) is 4.31. The number of carbonyl (C=O) groups excluding carboxylic acids is 1. The van der Waals surface area contributed by atoms with E-state index in [2.05, 4.69) is 9.98 Å². The van der Waals surface area contributed by atoms with Crippen LogP contribution in [0.4, 0.5) is 0 Å². The van der Waals surface area contributed by atoms with Gasteiger partial charge in [0.1, 0.15) is 11.2 Å². The van der Waals surface area contributed by atoms with Crippen molar-refractivity contribution in [2.45, 2.75) is 31.7 Å². The third-order valence-corrected chi connectivity index (χ3v) is 3.27. The summed E-state index contributed by atoms with van der Waals surface area (Å²) < 4.78 is 0. The molecular formula is C10H11ClN2O. The number of aliphatic imine (C=N–C) groups is 2. The number of hydrogen-bond donors (Lipinski definition) is 0. The summed E-state index contributed by atoms with van der Waals surface area (Å²) in [6.45, 7) is 0. The molecule has 1 aliphatic heterocycles. The summed E-state index contributed by atoms with van der Waals surface area (Å²) in [7, 11) is 0. The van der Waals surface area contributed by atoms with Crippen LogP contribution in [0.2, 0.25) is 0 Å². The van der Waals surface area contributed by atoms with Gasteiger partial charge in [0.05, 0.1) is 5.71 Å². The highest BCUT2D eigenvalue weighted by molar-refractivity contribution is 6.84. The van der Waals surface area contributed by atoms with Crippen LogP contribution in [0.15, 0.2) is 9.98 Å². The van der Waals surface area contributed by atoms with Crippen LogP contribution >= 0.6 is 11.6 Å². The van der Waals surface area contributed by atoms with Crippen LogP contribution in [-0.2, 0) is 4.79 Å². The predicted molar refractivity (Wildman–Crippen MR) is 55.0 cm³/mol. The van der Waals surface area contributed by atoms with E-state index in [9.17, 15) is 4.79 Å². The fourth-order valence-corrected chi connectivity index (χ4v) is 2.11. The van der Waals surface area contributed by atoms with Crippen LogP contribution in [0.3, 0.4) is 0 Å². The Morgan fingerprint density at radius 3 is 2.50 bits per heavy atom. The third kappa shape index (κ3) is 1.40. The van der Waals surface area contributed by atoms with E-state index in [0.717, 1.165) is 31.4 Å². The molecule has 2 fully saturated rings. The minimum absolute atomic E-state index is 0.0706. The van der Waals surface area contributed by atoms with Crippen LogP contribution in [0.5, 0.6) is 0 Å². The van der Waals surface area contributed by atoms with Gasteiger partial charge < -0.3 is 0 Å². The zero-order valence-corrected chi connectivity index (χ0v) is 8.50. The Hall–Kier alpha value is -0.700. The normalized spacial score (nSPS) is 32.6.